The molecule has 9 nitrogen and oxygen atoms in total. The highest BCUT2D eigenvalue weighted by molar-refractivity contribution is 9.10. The van der Waals surface area contributed by atoms with Gasteiger partial charge in [0, 0.05) is 61.2 Å². The molecule has 37 heavy (non-hydrogen) atoms. The van der Waals surface area contributed by atoms with E-state index in [0.29, 0.717) is 25.9 Å². The lowest BCUT2D eigenvalue weighted by molar-refractivity contribution is -0.154. The Morgan fingerprint density at radius 3 is 2.30 bits per heavy atom. The van der Waals surface area contributed by atoms with Gasteiger partial charge in [-0.3, -0.25) is 9.78 Å². The number of carboxylic acids is 1. The summed E-state index contributed by atoms with van der Waals surface area (Å²) >= 11 is 3.41. The first-order chi connectivity index (χ1) is 17.7. The molecule has 2 saturated heterocycles. The van der Waals surface area contributed by atoms with Crippen LogP contribution in [-0.2, 0) is 19.6 Å². The minimum Gasteiger partial charge on any atom is -0.480 e. The maximum absolute atomic E-state index is 13.4. The second kappa shape index (κ2) is 10.4. The zero-order valence-corrected chi connectivity index (χ0v) is 22.4. The molecule has 2 aliphatic rings. The second-order valence-electron chi connectivity index (χ2n) is 9.37. The molecule has 2 aromatic carbocycles. The highest BCUT2D eigenvalue weighted by Crippen LogP contribution is 2.29. The number of carboxylic acid groups (broad SMARTS) is 1. The van der Waals surface area contributed by atoms with E-state index in [0.717, 1.165) is 20.9 Å². The number of piperidine rings is 1. The maximum atomic E-state index is 13.4. The van der Waals surface area contributed by atoms with Crippen LogP contribution in [0.5, 0.6) is 0 Å². The van der Waals surface area contributed by atoms with Crippen molar-refractivity contribution in [3.63, 3.8) is 0 Å². The van der Waals surface area contributed by atoms with E-state index in [1.54, 1.807) is 24.5 Å². The number of carbonyl (C=O) groups excluding carboxylic acids is 1. The third-order valence-electron chi connectivity index (χ3n) is 7.19. The molecule has 0 saturated carbocycles. The molecule has 0 aliphatic carbocycles. The smallest absolute Gasteiger partial charge is 0.327 e. The highest BCUT2D eigenvalue weighted by atomic mass is 79.9. The lowest BCUT2D eigenvalue weighted by Gasteiger charge is -2.41. The third-order valence-corrected chi connectivity index (χ3v) is 9.55. The third kappa shape index (κ3) is 5.21. The monoisotopic (exact) mass is 586 g/mol. The van der Waals surface area contributed by atoms with Gasteiger partial charge in [0.15, 0.2) is 0 Å². The van der Waals surface area contributed by atoms with Crippen molar-refractivity contribution in [1.82, 2.24) is 14.2 Å². The predicted molar refractivity (Wildman–Crippen MR) is 143 cm³/mol. The summed E-state index contributed by atoms with van der Waals surface area (Å²) in [6.45, 7) is 1.18. The minimum atomic E-state index is -3.93. The number of rotatable bonds is 5. The van der Waals surface area contributed by atoms with Crippen LogP contribution in [0.25, 0.3) is 10.8 Å². The SMILES string of the molecule is O=C(O)C1CN(S(=O)(=O)c2ccc3cc(Br)ccc3c2)CCN1C(=O)C1CCN(c2ccncc2)CC1. The molecule has 3 heterocycles. The van der Waals surface area contributed by atoms with Crippen LogP contribution in [0, 0.1) is 5.92 Å². The van der Waals surface area contributed by atoms with Gasteiger partial charge in [0.05, 0.1) is 4.90 Å². The number of sulfonamides is 1. The van der Waals surface area contributed by atoms with Crippen LogP contribution in [0.15, 0.2) is 70.3 Å². The normalized spacial score (nSPS) is 19.8. The fourth-order valence-corrected chi connectivity index (χ4v) is 6.98. The van der Waals surface area contributed by atoms with E-state index >= 15 is 0 Å². The van der Waals surface area contributed by atoms with E-state index in [1.165, 1.54) is 15.3 Å². The lowest BCUT2D eigenvalue weighted by atomic mass is 9.94. The number of carbonyl (C=O) groups is 2. The number of aliphatic carboxylic acids is 1. The molecule has 194 valence electrons. The Bertz CT molecular complexity index is 1430. The first kappa shape index (κ1) is 25.6. The summed E-state index contributed by atoms with van der Waals surface area (Å²) in [6, 6.07) is 13.1. The van der Waals surface area contributed by atoms with Gasteiger partial charge in [0.2, 0.25) is 15.9 Å². The molecular weight excluding hydrogens is 560 g/mol. The maximum Gasteiger partial charge on any atom is 0.327 e. The van der Waals surface area contributed by atoms with Crippen molar-refractivity contribution < 1.29 is 23.1 Å². The molecule has 1 atom stereocenters. The van der Waals surface area contributed by atoms with E-state index in [-0.39, 0.29) is 36.4 Å². The zero-order chi connectivity index (χ0) is 26.2. The minimum absolute atomic E-state index is 0.0418. The van der Waals surface area contributed by atoms with Crippen molar-refractivity contribution >= 4 is 54.3 Å². The number of piperazine rings is 1. The summed E-state index contributed by atoms with van der Waals surface area (Å²) in [5, 5.41) is 11.6. The van der Waals surface area contributed by atoms with Gasteiger partial charge in [0.25, 0.3) is 0 Å². The standard InChI is InChI=1S/C26H27BrN4O5S/c27-21-3-1-20-16-23(4-2-19(20)15-21)37(35,36)30-13-14-31(24(17-30)26(33)34)25(32)18-7-11-29(12-8-18)22-5-9-28-10-6-22/h1-6,9-10,15-16,18,24H,7-8,11-14,17H2,(H,33,34). The van der Waals surface area contributed by atoms with Crippen LogP contribution in [0.2, 0.25) is 0 Å². The first-order valence-electron chi connectivity index (χ1n) is 12.1. The molecule has 2 fully saturated rings. The molecular formula is C26H27BrN4O5S. The van der Waals surface area contributed by atoms with E-state index in [9.17, 15) is 23.1 Å². The Morgan fingerprint density at radius 2 is 1.59 bits per heavy atom. The number of hydrogen-bond acceptors (Lipinski definition) is 6. The van der Waals surface area contributed by atoms with Crippen LogP contribution in [-0.4, -0.2) is 78.4 Å². The molecule has 2 aliphatic heterocycles. The van der Waals surface area contributed by atoms with Crippen LogP contribution >= 0.6 is 15.9 Å². The van der Waals surface area contributed by atoms with Gasteiger partial charge in [-0.25, -0.2) is 13.2 Å². The number of hydrogen-bond donors (Lipinski definition) is 1. The Hall–Kier alpha value is -3.02. The molecule has 5 rings (SSSR count). The van der Waals surface area contributed by atoms with Gasteiger partial charge in [-0.05, 0) is 60.0 Å². The molecule has 0 radical (unpaired) electrons. The van der Waals surface area contributed by atoms with Crippen LogP contribution in [0.4, 0.5) is 5.69 Å². The average molecular weight is 587 g/mol. The molecule has 1 unspecified atom stereocenters. The Balaban J connectivity index is 1.29. The molecule has 1 amide bonds. The number of pyridine rings is 1. The van der Waals surface area contributed by atoms with E-state index in [4.69, 9.17) is 0 Å². The largest absolute Gasteiger partial charge is 0.480 e. The molecule has 11 heteroatoms. The van der Waals surface area contributed by atoms with Gasteiger partial charge >= 0.3 is 5.97 Å². The first-order valence-corrected chi connectivity index (χ1v) is 14.3. The number of nitrogens with zero attached hydrogens (tertiary/aromatic N) is 4. The van der Waals surface area contributed by atoms with Gasteiger partial charge in [-0.2, -0.15) is 4.31 Å². The summed E-state index contributed by atoms with van der Waals surface area (Å²) in [5.74, 6) is -1.70. The average Bonchev–Trinajstić information content (AvgIpc) is 2.92. The topological polar surface area (TPSA) is 111 Å². The van der Waals surface area contributed by atoms with Crippen molar-refractivity contribution in [3.05, 3.63) is 65.4 Å². The molecule has 1 N–H and O–H groups in total. The van der Waals surface area contributed by atoms with Crippen molar-refractivity contribution in [1.29, 1.82) is 0 Å². The quantitative estimate of drug-likeness (QED) is 0.488. The van der Waals surface area contributed by atoms with Crippen LogP contribution in [0.3, 0.4) is 0 Å². The summed E-state index contributed by atoms with van der Waals surface area (Å²) in [4.78, 5) is 33.2. The van der Waals surface area contributed by atoms with E-state index in [2.05, 4.69) is 25.8 Å². The molecule has 3 aromatic rings. The van der Waals surface area contributed by atoms with Crippen molar-refractivity contribution in [2.45, 2.75) is 23.8 Å². The Kier molecular flexibility index (Phi) is 7.19. The predicted octanol–water partition coefficient (Wildman–Crippen LogP) is 3.20. The molecule has 1 aromatic heterocycles. The van der Waals surface area contributed by atoms with Gasteiger partial charge in [0.1, 0.15) is 6.04 Å². The molecule has 0 bridgehead atoms. The van der Waals surface area contributed by atoms with Crippen molar-refractivity contribution in [2.75, 3.05) is 37.6 Å². The number of benzene rings is 2. The number of anilines is 1. The van der Waals surface area contributed by atoms with Crippen LogP contribution in [0.1, 0.15) is 12.8 Å². The number of halogens is 1. The number of fused-ring (bicyclic) bond motifs is 1. The van der Waals surface area contributed by atoms with Crippen molar-refractivity contribution in [2.24, 2.45) is 5.92 Å². The van der Waals surface area contributed by atoms with E-state index < -0.39 is 22.0 Å². The lowest BCUT2D eigenvalue weighted by Crippen LogP contribution is -2.60. The van der Waals surface area contributed by atoms with Gasteiger partial charge in [-0.15, -0.1) is 0 Å². The fraction of sp³-hybridized carbons (Fsp3) is 0.346. The van der Waals surface area contributed by atoms with Crippen LogP contribution < -0.4 is 4.90 Å². The van der Waals surface area contributed by atoms with E-state index in [1.807, 2.05) is 30.3 Å². The summed E-state index contributed by atoms with van der Waals surface area (Å²) < 4.78 is 28.9. The fourth-order valence-electron chi connectivity index (χ4n) is 5.13. The second-order valence-corrected chi connectivity index (χ2v) is 12.2. The summed E-state index contributed by atoms with van der Waals surface area (Å²) in [7, 11) is -3.93. The van der Waals surface area contributed by atoms with Gasteiger partial charge in [-0.1, -0.05) is 28.1 Å². The summed E-state index contributed by atoms with van der Waals surface area (Å²) in [6.07, 6.45) is 4.68. The Morgan fingerprint density at radius 1 is 0.919 bits per heavy atom. The number of aromatic nitrogens is 1. The highest BCUT2D eigenvalue weighted by Gasteiger charge is 2.42. The summed E-state index contributed by atoms with van der Waals surface area (Å²) in [5.41, 5.74) is 1.05. The molecule has 0 spiro atoms. The zero-order valence-electron chi connectivity index (χ0n) is 20.0. The van der Waals surface area contributed by atoms with Crippen molar-refractivity contribution in [3.8, 4) is 0 Å². The Labute approximate surface area is 223 Å². The van der Waals surface area contributed by atoms with Gasteiger partial charge < -0.3 is 14.9 Å². The number of amides is 1.